The second-order valence-electron chi connectivity index (χ2n) is 9.03. The molecule has 6 aromatic rings. The Bertz CT molecular complexity index is 1750. The zero-order valence-electron chi connectivity index (χ0n) is 17.9. The van der Waals surface area contributed by atoms with E-state index in [0.717, 1.165) is 54.6 Å². The fourth-order valence-electron chi connectivity index (χ4n) is 5.13. The van der Waals surface area contributed by atoms with Gasteiger partial charge in [0.2, 0.25) is 5.52 Å². The lowest BCUT2D eigenvalue weighted by Gasteiger charge is -2.17. The number of nitrogens with zero attached hydrogens (tertiary/aromatic N) is 3. The molecule has 3 aromatic carbocycles. The second-order valence-corrected chi connectivity index (χ2v) is 9.03. The molecule has 0 bridgehead atoms. The summed E-state index contributed by atoms with van der Waals surface area (Å²) in [6, 6.07) is 15.8. The molecule has 0 aliphatic rings. The van der Waals surface area contributed by atoms with E-state index < -0.39 is 5.54 Å². The number of rotatable bonds is 1. The second kappa shape index (κ2) is 5.70. The van der Waals surface area contributed by atoms with Crippen LogP contribution in [0.3, 0.4) is 0 Å². The fourth-order valence-corrected chi connectivity index (χ4v) is 5.13. The Morgan fingerprint density at radius 1 is 1.00 bits per heavy atom. The van der Waals surface area contributed by atoms with Gasteiger partial charge in [0.05, 0.1) is 27.3 Å². The molecule has 0 saturated heterocycles. The van der Waals surface area contributed by atoms with E-state index in [-0.39, 0.29) is 5.82 Å². The van der Waals surface area contributed by atoms with E-state index >= 15 is 4.39 Å². The highest BCUT2D eigenvalue weighted by Gasteiger charge is 2.30. The van der Waals surface area contributed by atoms with Gasteiger partial charge in [0.25, 0.3) is 5.54 Å². The number of fused-ring (bicyclic) bond motifs is 5. The van der Waals surface area contributed by atoms with Gasteiger partial charge in [-0.2, -0.15) is 0 Å². The van der Waals surface area contributed by atoms with Crippen LogP contribution in [-0.2, 0) is 12.6 Å². The largest absolute Gasteiger partial charge is 0.306 e. The van der Waals surface area contributed by atoms with Crippen LogP contribution >= 0.6 is 0 Å². The molecule has 0 unspecified atom stereocenters. The lowest BCUT2D eigenvalue weighted by molar-refractivity contribution is -0.643. The third kappa shape index (κ3) is 2.13. The van der Waals surface area contributed by atoms with Gasteiger partial charge in [0.1, 0.15) is 12.9 Å². The summed E-state index contributed by atoms with van der Waals surface area (Å²) in [6.45, 7) is 13.7. The molecule has 150 valence electrons. The maximum Gasteiger partial charge on any atom is 0.252 e. The minimum Gasteiger partial charge on any atom is -0.306 e. The van der Waals surface area contributed by atoms with Crippen LogP contribution in [-0.4, -0.2) is 4.40 Å². The van der Waals surface area contributed by atoms with E-state index in [1.807, 2.05) is 19.9 Å². The van der Waals surface area contributed by atoms with Crippen molar-refractivity contribution >= 4 is 49.0 Å². The van der Waals surface area contributed by atoms with Crippen molar-refractivity contribution in [1.29, 1.82) is 0 Å². The topological polar surface area (TPSA) is 12.7 Å². The molecule has 0 saturated carbocycles. The zero-order chi connectivity index (χ0) is 21.7. The van der Waals surface area contributed by atoms with Crippen molar-refractivity contribution in [2.45, 2.75) is 26.3 Å². The van der Waals surface area contributed by atoms with Gasteiger partial charge >= 0.3 is 0 Å². The minimum absolute atomic E-state index is 0.232. The van der Waals surface area contributed by atoms with Crippen molar-refractivity contribution in [3.8, 4) is 0 Å². The molecule has 0 spiro atoms. The van der Waals surface area contributed by atoms with Gasteiger partial charge in [-0.15, -0.1) is 0 Å². The Morgan fingerprint density at radius 2 is 1.77 bits per heavy atom. The lowest BCUT2D eigenvalue weighted by atomic mass is 9.91. The van der Waals surface area contributed by atoms with Crippen LogP contribution in [0.4, 0.5) is 4.39 Å². The molecule has 4 heteroatoms. The van der Waals surface area contributed by atoms with Crippen LogP contribution < -0.4 is 4.57 Å². The first kappa shape index (κ1) is 18.1. The highest BCUT2D eigenvalue weighted by molar-refractivity contribution is 6.25. The summed E-state index contributed by atoms with van der Waals surface area (Å²) < 4.78 is 19.5. The first-order valence-electron chi connectivity index (χ1n) is 10.4. The number of pyridine rings is 2. The van der Waals surface area contributed by atoms with Crippen molar-refractivity contribution in [3.05, 3.63) is 83.1 Å². The molecule has 0 N–H and O–H groups in total. The van der Waals surface area contributed by atoms with Crippen molar-refractivity contribution in [2.75, 3.05) is 0 Å². The number of hydrogen-bond acceptors (Lipinski definition) is 0. The summed E-state index contributed by atoms with van der Waals surface area (Å²) in [5.74, 6) is -0.232. The van der Waals surface area contributed by atoms with E-state index in [1.165, 1.54) is 6.07 Å². The van der Waals surface area contributed by atoms with Gasteiger partial charge in [0, 0.05) is 36.2 Å². The van der Waals surface area contributed by atoms with Crippen LogP contribution in [0.25, 0.3) is 53.8 Å². The monoisotopic (exact) mass is 406 g/mol. The molecule has 3 aromatic heterocycles. The highest BCUT2D eigenvalue weighted by Crippen LogP contribution is 2.42. The Labute approximate surface area is 179 Å². The lowest BCUT2D eigenvalue weighted by Crippen LogP contribution is -2.29. The van der Waals surface area contributed by atoms with Crippen molar-refractivity contribution < 1.29 is 8.96 Å². The molecule has 31 heavy (non-hydrogen) atoms. The molecule has 6 rings (SSSR count). The smallest absolute Gasteiger partial charge is 0.252 e. The van der Waals surface area contributed by atoms with Crippen LogP contribution in [0, 0.1) is 19.3 Å². The summed E-state index contributed by atoms with van der Waals surface area (Å²) in [5, 5.41) is 5.27. The first-order chi connectivity index (χ1) is 14.8. The van der Waals surface area contributed by atoms with Crippen molar-refractivity contribution in [3.63, 3.8) is 0 Å². The summed E-state index contributed by atoms with van der Waals surface area (Å²) in [5.41, 5.74) is 5.14. The van der Waals surface area contributed by atoms with Crippen molar-refractivity contribution in [1.82, 2.24) is 4.40 Å². The zero-order valence-corrected chi connectivity index (χ0v) is 17.9. The standard InChI is InChI=1S/C27H21FN3/c1-15-9-10-19-18-7-6-8-20(28)24(18)31-21-14-17(27(2,3)29-4)13-16-11-12-30(5)26(23(16)21)22(15)25(19)31/h6-14H,1-3,5H3/q+1. The molecule has 0 atom stereocenters. The molecular formula is C27H21FN3+. The number of para-hydroxylation sites is 1. The molecule has 0 aliphatic carbocycles. The van der Waals surface area contributed by atoms with Crippen LogP contribution in [0.2, 0.25) is 0 Å². The summed E-state index contributed by atoms with van der Waals surface area (Å²) in [6.07, 6.45) is 2.08. The highest BCUT2D eigenvalue weighted by atomic mass is 19.1. The minimum atomic E-state index is -0.670. The van der Waals surface area contributed by atoms with Crippen molar-refractivity contribution in [2.24, 2.45) is 7.05 Å². The number of hydrogen-bond donors (Lipinski definition) is 0. The molecule has 3 nitrogen and oxygen atoms in total. The summed E-state index contributed by atoms with van der Waals surface area (Å²) in [4.78, 5) is 3.87. The van der Waals surface area contributed by atoms with Crippen LogP contribution in [0.5, 0.6) is 0 Å². The van der Waals surface area contributed by atoms with Gasteiger partial charge in [-0.1, -0.05) is 24.3 Å². The van der Waals surface area contributed by atoms with Gasteiger partial charge in [-0.05, 0) is 36.1 Å². The molecule has 0 fully saturated rings. The van der Waals surface area contributed by atoms with E-state index in [9.17, 15) is 0 Å². The summed E-state index contributed by atoms with van der Waals surface area (Å²) >= 11 is 0. The van der Waals surface area contributed by atoms with Crippen LogP contribution in [0.15, 0.2) is 54.7 Å². The predicted molar refractivity (Wildman–Crippen MR) is 124 cm³/mol. The molecule has 0 amide bonds. The van der Waals surface area contributed by atoms with Gasteiger partial charge in [-0.25, -0.2) is 15.5 Å². The average Bonchev–Trinajstić information content (AvgIpc) is 3.10. The molecule has 0 aliphatic heterocycles. The maximum absolute atomic E-state index is 15.3. The van der Waals surface area contributed by atoms with Crippen LogP contribution in [0.1, 0.15) is 25.0 Å². The molecular weight excluding hydrogens is 385 g/mol. The Morgan fingerprint density at radius 3 is 2.55 bits per heavy atom. The van der Waals surface area contributed by atoms with E-state index in [4.69, 9.17) is 6.57 Å². The normalized spacial score (nSPS) is 12.6. The van der Waals surface area contributed by atoms with Gasteiger partial charge in [0.15, 0.2) is 6.20 Å². The van der Waals surface area contributed by atoms with Gasteiger partial charge in [-0.3, -0.25) is 0 Å². The Balaban J connectivity index is 2.07. The third-order valence-corrected chi connectivity index (χ3v) is 6.79. The maximum atomic E-state index is 15.3. The third-order valence-electron chi connectivity index (χ3n) is 6.79. The Hall–Kier alpha value is -3.71. The number of halogens is 1. The Kier molecular flexibility index (Phi) is 3.33. The van der Waals surface area contributed by atoms with E-state index in [1.54, 1.807) is 6.07 Å². The van der Waals surface area contributed by atoms with Gasteiger partial charge < -0.3 is 9.25 Å². The van der Waals surface area contributed by atoms with E-state index in [2.05, 4.69) is 64.3 Å². The first-order valence-corrected chi connectivity index (χ1v) is 10.4. The number of benzene rings is 3. The average molecular weight is 406 g/mol. The number of aromatic nitrogens is 2. The fraction of sp³-hybridized carbons (Fsp3) is 0.185. The molecule has 0 radical (unpaired) electrons. The molecule has 3 heterocycles. The van der Waals surface area contributed by atoms with E-state index in [0.29, 0.717) is 5.52 Å². The SMILES string of the molecule is [C-]#[N+]C(C)(C)c1cc2cc[n+](C)c3c4c(C)ccc5c6cccc(F)c6n(c(c1)c23)c54. The predicted octanol–water partition coefficient (Wildman–Crippen LogP) is 6.42. The quantitative estimate of drug-likeness (QED) is 0.129. The number of aryl methyl sites for hydroxylation is 2. The summed E-state index contributed by atoms with van der Waals surface area (Å²) in [7, 11) is 2.06.